The van der Waals surface area contributed by atoms with Gasteiger partial charge in [0, 0.05) is 11.7 Å². The van der Waals surface area contributed by atoms with Gasteiger partial charge in [0.1, 0.15) is 0 Å². The van der Waals surface area contributed by atoms with Crippen molar-refractivity contribution in [3.05, 3.63) is 28.8 Å². The third kappa shape index (κ3) is 3.66. The van der Waals surface area contributed by atoms with Gasteiger partial charge in [0.15, 0.2) is 0 Å². The lowest BCUT2D eigenvalue weighted by atomic mass is 9.70. The van der Waals surface area contributed by atoms with Gasteiger partial charge in [-0.15, -0.1) is 0 Å². The van der Waals surface area contributed by atoms with Crippen LogP contribution in [0.5, 0.6) is 0 Å². The third-order valence-electron chi connectivity index (χ3n) is 3.99. The summed E-state index contributed by atoms with van der Waals surface area (Å²) < 4.78 is 0. The van der Waals surface area contributed by atoms with E-state index in [1.165, 1.54) is 12.8 Å². The van der Waals surface area contributed by atoms with Gasteiger partial charge in [0.2, 0.25) is 5.91 Å². The number of anilines is 1. The average molecular weight is 295 g/mol. The van der Waals surface area contributed by atoms with Crippen molar-refractivity contribution in [1.82, 2.24) is 0 Å². The van der Waals surface area contributed by atoms with Crippen molar-refractivity contribution in [1.29, 1.82) is 0 Å². The Morgan fingerprint density at radius 3 is 2.65 bits per heavy atom. The van der Waals surface area contributed by atoms with E-state index in [-0.39, 0.29) is 0 Å². The standard InChI is InChI=1S/C16H23ClN2O/c1-10-6-12(9-16(2,3)8-10)19-11-4-5-13(15(18)20)14(17)7-11/h4-5,7,10,12,19H,6,8-9H2,1-3H3,(H2,18,20). The predicted molar refractivity (Wildman–Crippen MR) is 84.2 cm³/mol. The van der Waals surface area contributed by atoms with Crippen LogP contribution in [0.2, 0.25) is 5.02 Å². The van der Waals surface area contributed by atoms with Gasteiger partial charge in [-0.3, -0.25) is 4.79 Å². The zero-order valence-corrected chi connectivity index (χ0v) is 13.1. The second kappa shape index (κ2) is 5.65. The van der Waals surface area contributed by atoms with Crippen molar-refractivity contribution in [2.45, 2.75) is 46.1 Å². The summed E-state index contributed by atoms with van der Waals surface area (Å²) in [6, 6.07) is 5.79. The maximum atomic E-state index is 11.2. The van der Waals surface area contributed by atoms with Gasteiger partial charge in [-0.25, -0.2) is 0 Å². The Bertz CT molecular complexity index is 513. The molecule has 1 amide bonds. The minimum atomic E-state index is -0.492. The molecule has 0 spiro atoms. The lowest BCUT2D eigenvalue weighted by Gasteiger charge is -2.39. The Balaban J connectivity index is 2.10. The summed E-state index contributed by atoms with van der Waals surface area (Å²) in [7, 11) is 0. The van der Waals surface area contributed by atoms with Crippen LogP contribution in [0, 0.1) is 11.3 Å². The Hall–Kier alpha value is -1.22. The number of carbonyl (C=O) groups is 1. The topological polar surface area (TPSA) is 55.1 Å². The lowest BCUT2D eigenvalue weighted by Crippen LogP contribution is -2.35. The van der Waals surface area contributed by atoms with Crippen LogP contribution in [-0.4, -0.2) is 11.9 Å². The first-order valence-electron chi connectivity index (χ1n) is 7.13. The molecule has 1 aromatic rings. The van der Waals surface area contributed by atoms with Gasteiger partial charge in [0.25, 0.3) is 0 Å². The molecule has 4 heteroatoms. The SMILES string of the molecule is CC1CC(Nc2ccc(C(N)=O)c(Cl)c2)CC(C)(C)C1. The first-order valence-corrected chi connectivity index (χ1v) is 7.50. The van der Waals surface area contributed by atoms with Crippen LogP contribution < -0.4 is 11.1 Å². The number of nitrogens with two attached hydrogens (primary N) is 1. The Labute approximate surface area is 125 Å². The van der Waals surface area contributed by atoms with Crippen LogP contribution in [0.15, 0.2) is 18.2 Å². The number of hydrogen-bond donors (Lipinski definition) is 2. The van der Waals surface area contributed by atoms with Crippen LogP contribution in [0.1, 0.15) is 50.4 Å². The van der Waals surface area contributed by atoms with E-state index in [4.69, 9.17) is 17.3 Å². The van der Waals surface area contributed by atoms with E-state index < -0.39 is 5.91 Å². The van der Waals surface area contributed by atoms with Crippen LogP contribution in [-0.2, 0) is 0 Å². The number of rotatable bonds is 3. The molecule has 0 aliphatic heterocycles. The Morgan fingerprint density at radius 1 is 1.40 bits per heavy atom. The normalized spacial score (nSPS) is 25.2. The van der Waals surface area contributed by atoms with E-state index >= 15 is 0 Å². The number of primary amides is 1. The molecule has 3 nitrogen and oxygen atoms in total. The summed E-state index contributed by atoms with van der Waals surface area (Å²) >= 11 is 6.09. The number of amides is 1. The fraction of sp³-hybridized carbons (Fsp3) is 0.562. The fourth-order valence-electron chi connectivity index (χ4n) is 3.50. The number of hydrogen-bond acceptors (Lipinski definition) is 2. The van der Waals surface area contributed by atoms with E-state index in [0.29, 0.717) is 22.0 Å². The molecule has 110 valence electrons. The summed E-state index contributed by atoms with van der Waals surface area (Å²) in [4.78, 5) is 11.2. The van der Waals surface area contributed by atoms with E-state index in [0.717, 1.165) is 18.0 Å². The van der Waals surface area contributed by atoms with Gasteiger partial charge >= 0.3 is 0 Å². The molecule has 1 aliphatic carbocycles. The van der Waals surface area contributed by atoms with Crippen molar-refractivity contribution in [3.8, 4) is 0 Å². The van der Waals surface area contributed by atoms with Crippen molar-refractivity contribution >= 4 is 23.2 Å². The Kier molecular flexibility index (Phi) is 4.28. The fourth-order valence-corrected chi connectivity index (χ4v) is 3.77. The highest BCUT2D eigenvalue weighted by atomic mass is 35.5. The van der Waals surface area contributed by atoms with E-state index in [2.05, 4.69) is 26.1 Å². The molecule has 1 aromatic carbocycles. The molecule has 0 radical (unpaired) electrons. The first kappa shape index (κ1) is 15.2. The van der Waals surface area contributed by atoms with Crippen LogP contribution >= 0.6 is 11.6 Å². The van der Waals surface area contributed by atoms with Crippen molar-refractivity contribution in [2.75, 3.05) is 5.32 Å². The third-order valence-corrected chi connectivity index (χ3v) is 4.30. The maximum absolute atomic E-state index is 11.2. The molecule has 0 bridgehead atoms. The van der Waals surface area contributed by atoms with Crippen LogP contribution in [0.25, 0.3) is 0 Å². The van der Waals surface area contributed by atoms with Gasteiger partial charge < -0.3 is 11.1 Å². The highest BCUT2D eigenvalue weighted by Crippen LogP contribution is 2.39. The monoisotopic (exact) mass is 294 g/mol. The van der Waals surface area contributed by atoms with Crippen molar-refractivity contribution in [3.63, 3.8) is 0 Å². The molecule has 3 N–H and O–H groups in total. The molecule has 2 unspecified atom stereocenters. The number of halogens is 1. The van der Waals surface area contributed by atoms with Gasteiger partial charge in [-0.2, -0.15) is 0 Å². The van der Waals surface area contributed by atoms with Gasteiger partial charge in [-0.1, -0.05) is 32.4 Å². The predicted octanol–water partition coefficient (Wildman–Crippen LogP) is 4.07. The average Bonchev–Trinajstić information content (AvgIpc) is 2.25. The Morgan fingerprint density at radius 2 is 2.10 bits per heavy atom. The zero-order chi connectivity index (χ0) is 14.9. The molecule has 20 heavy (non-hydrogen) atoms. The molecule has 1 saturated carbocycles. The number of benzene rings is 1. The lowest BCUT2D eigenvalue weighted by molar-refractivity contribution is 0.100. The second-order valence-electron chi connectivity index (χ2n) is 6.81. The maximum Gasteiger partial charge on any atom is 0.250 e. The molecule has 1 aliphatic rings. The summed E-state index contributed by atoms with van der Waals surface area (Å²) in [5, 5.41) is 3.95. The van der Waals surface area contributed by atoms with E-state index in [9.17, 15) is 4.79 Å². The van der Waals surface area contributed by atoms with E-state index in [1.54, 1.807) is 12.1 Å². The summed E-state index contributed by atoms with van der Waals surface area (Å²) in [6.45, 7) is 6.94. The summed E-state index contributed by atoms with van der Waals surface area (Å²) in [5.41, 5.74) is 6.95. The largest absolute Gasteiger partial charge is 0.382 e. The number of carbonyl (C=O) groups excluding carboxylic acids is 1. The smallest absolute Gasteiger partial charge is 0.250 e. The molecule has 1 fully saturated rings. The highest BCUT2D eigenvalue weighted by molar-refractivity contribution is 6.34. The zero-order valence-electron chi connectivity index (χ0n) is 12.4. The second-order valence-corrected chi connectivity index (χ2v) is 7.22. The number of nitrogens with one attached hydrogen (secondary N) is 1. The molecular weight excluding hydrogens is 272 g/mol. The van der Waals surface area contributed by atoms with Crippen molar-refractivity contribution < 1.29 is 4.79 Å². The van der Waals surface area contributed by atoms with E-state index in [1.807, 2.05) is 6.07 Å². The minimum absolute atomic E-state index is 0.367. The van der Waals surface area contributed by atoms with Crippen LogP contribution in [0.4, 0.5) is 5.69 Å². The van der Waals surface area contributed by atoms with Crippen LogP contribution in [0.3, 0.4) is 0 Å². The molecule has 2 rings (SSSR count). The van der Waals surface area contributed by atoms with Gasteiger partial charge in [0.05, 0.1) is 10.6 Å². The molecule has 0 aromatic heterocycles. The minimum Gasteiger partial charge on any atom is -0.382 e. The first-order chi connectivity index (χ1) is 9.27. The highest BCUT2D eigenvalue weighted by Gasteiger charge is 2.31. The van der Waals surface area contributed by atoms with Crippen molar-refractivity contribution in [2.24, 2.45) is 17.1 Å². The quantitative estimate of drug-likeness (QED) is 0.883. The molecular formula is C16H23ClN2O. The van der Waals surface area contributed by atoms with Gasteiger partial charge in [-0.05, 0) is 48.8 Å². The molecule has 2 atom stereocenters. The molecule has 0 heterocycles. The molecule has 0 saturated heterocycles. The summed E-state index contributed by atoms with van der Waals surface area (Å²) in [5.74, 6) is 0.227. The summed E-state index contributed by atoms with van der Waals surface area (Å²) in [6.07, 6.45) is 3.58.